The van der Waals surface area contributed by atoms with Crippen molar-refractivity contribution in [3.05, 3.63) is 36.7 Å². The lowest BCUT2D eigenvalue weighted by Crippen LogP contribution is -2.16. The molecule has 1 N–H and O–H groups in total. The SMILES string of the molecule is CS(=O)(=O)Nc1cccc(-c2cnn(C(F)(F)F)c2)c1. The van der Waals surface area contributed by atoms with Crippen LogP contribution in [0.1, 0.15) is 0 Å². The molecule has 2 rings (SSSR count). The Hall–Kier alpha value is -2.03. The largest absolute Gasteiger partial charge is 0.504 e. The number of benzene rings is 1. The predicted octanol–water partition coefficient (Wildman–Crippen LogP) is 2.40. The molecule has 0 unspecified atom stereocenters. The summed E-state index contributed by atoms with van der Waals surface area (Å²) in [4.78, 5) is 0. The van der Waals surface area contributed by atoms with Gasteiger partial charge in [-0.2, -0.15) is 9.78 Å². The van der Waals surface area contributed by atoms with Gasteiger partial charge >= 0.3 is 6.30 Å². The van der Waals surface area contributed by atoms with Crippen molar-refractivity contribution in [3.8, 4) is 11.1 Å². The van der Waals surface area contributed by atoms with Gasteiger partial charge in [-0.25, -0.2) is 8.42 Å². The van der Waals surface area contributed by atoms with Crippen LogP contribution in [-0.2, 0) is 16.3 Å². The molecule has 108 valence electrons. The molecule has 1 aromatic heterocycles. The second kappa shape index (κ2) is 4.82. The number of aromatic nitrogens is 2. The Labute approximate surface area is 113 Å². The number of alkyl halides is 3. The maximum Gasteiger partial charge on any atom is 0.504 e. The smallest absolute Gasteiger partial charge is 0.284 e. The van der Waals surface area contributed by atoms with Crippen LogP contribution in [0.4, 0.5) is 18.9 Å². The molecular weight excluding hydrogens is 295 g/mol. The van der Waals surface area contributed by atoms with Crippen molar-refractivity contribution < 1.29 is 21.6 Å². The number of hydrogen-bond donors (Lipinski definition) is 1. The van der Waals surface area contributed by atoms with E-state index in [1.165, 1.54) is 18.2 Å². The van der Waals surface area contributed by atoms with Gasteiger partial charge in [0.1, 0.15) is 0 Å². The third-order valence-corrected chi connectivity index (χ3v) is 2.95. The summed E-state index contributed by atoms with van der Waals surface area (Å²) in [5.41, 5.74) is 0.929. The standard InChI is InChI=1S/C11H10F3N3O2S/c1-20(18,19)16-10-4-2-3-8(5-10)9-6-15-17(7-9)11(12,13)14/h2-7,16H,1H3. The molecule has 9 heteroatoms. The summed E-state index contributed by atoms with van der Waals surface area (Å²) in [5.74, 6) is 0. The van der Waals surface area contributed by atoms with Crippen molar-refractivity contribution in [3.63, 3.8) is 0 Å². The van der Waals surface area contributed by atoms with Gasteiger partial charge in [0, 0.05) is 17.4 Å². The van der Waals surface area contributed by atoms with Crippen LogP contribution in [0, 0.1) is 0 Å². The Morgan fingerprint density at radius 3 is 2.50 bits per heavy atom. The van der Waals surface area contributed by atoms with E-state index in [0.717, 1.165) is 18.6 Å². The van der Waals surface area contributed by atoms with E-state index in [-0.39, 0.29) is 15.9 Å². The average Bonchev–Trinajstić information content (AvgIpc) is 2.75. The van der Waals surface area contributed by atoms with Crippen LogP contribution in [-0.4, -0.2) is 24.5 Å². The fourth-order valence-corrected chi connectivity index (χ4v) is 2.14. The molecule has 5 nitrogen and oxygen atoms in total. The van der Waals surface area contributed by atoms with Crippen LogP contribution < -0.4 is 4.72 Å². The molecule has 1 heterocycles. The van der Waals surface area contributed by atoms with Crippen molar-refractivity contribution in [1.82, 2.24) is 9.78 Å². The van der Waals surface area contributed by atoms with Crippen LogP contribution in [0.3, 0.4) is 0 Å². The van der Waals surface area contributed by atoms with Crippen molar-refractivity contribution in [2.75, 3.05) is 11.0 Å². The predicted molar refractivity (Wildman–Crippen MR) is 67.4 cm³/mol. The van der Waals surface area contributed by atoms with Crippen molar-refractivity contribution in [1.29, 1.82) is 0 Å². The summed E-state index contributed by atoms with van der Waals surface area (Å²) in [5, 5.41) is 3.22. The van der Waals surface area contributed by atoms with Gasteiger partial charge in [-0.3, -0.25) is 4.72 Å². The molecule has 0 atom stereocenters. The van der Waals surface area contributed by atoms with E-state index in [0.29, 0.717) is 5.56 Å². The van der Waals surface area contributed by atoms with Gasteiger partial charge in [-0.1, -0.05) is 12.1 Å². The molecule has 0 aliphatic rings. The molecule has 0 amide bonds. The quantitative estimate of drug-likeness (QED) is 0.947. The Morgan fingerprint density at radius 1 is 1.25 bits per heavy atom. The summed E-state index contributed by atoms with van der Waals surface area (Å²) in [6.07, 6.45) is -1.70. The molecular formula is C11H10F3N3O2S. The topological polar surface area (TPSA) is 64.0 Å². The molecule has 20 heavy (non-hydrogen) atoms. The van der Waals surface area contributed by atoms with E-state index in [2.05, 4.69) is 9.82 Å². The van der Waals surface area contributed by atoms with E-state index in [4.69, 9.17) is 0 Å². The minimum atomic E-state index is -4.58. The number of hydrogen-bond acceptors (Lipinski definition) is 3. The number of sulfonamides is 1. The highest BCUT2D eigenvalue weighted by molar-refractivity contribution is 7.92. The zero-order valence-corrected chi connectivity index (χ0v) is 11.0. The lowest BCUT2D eigenvalue weighted by Gasteiger charge is -2.06. The number of anilines is 1. The summed E-state index contributed by atoms with van der Waals surface area (Å²) in [6, 6.07) is 6.02. The fraction of sp³-hybridized carbons (Fsp3) is 0.182. The second-order valence-electron chi connectivity index (χ2n) is 4.10. The number of nitrogens with one attached hydrogen (secondary N) is 1. The third-order valence-electron chi connectivity index (χ3n) is 2.34. The van der Waals surface area contributed by atoms with E-state index in [9.17, 15) is 21.6 Å². The lowest BCUT2D eigenvalue weighted by molar-refractivity contribution is -0.212. The first-order valence-corrected chi connectivity index (χ1v) is 7.24. The average molecular weight is 305 g/mol. The Balaban J connectivity index is 2.34. The fourth-order valence-electron chi connectivity index (χ4n) is 1.59. The van der Waals surface area contributed by atoms with Crippen LogP contribution in [0.25, 0.3) is 11.1 Å². The van der Waals surface area contributed by atoms with Gasteiger partial charge in [0.15, 0.2) is 0 Å². The molecule has 0 saturated heterocycles. The minimum absolute atomic E-state index is 0.112. The van der Waals surface area contributed by atoms with Gasteiger partial charge in [0.05, 0.1) is 12.5 Å². The summed E-state index contributed by atoms with van der Waals surface area (Å²) >= 11 is 0. The van der Waals surface area contributed by atoms with Crippen molar-refractivity contribution >= 4 is 15.7 Å². The maximum absolute atomic E-state index is 12.4. The van der Waals surface area contributed by atoms with E-state index < -0.39 is 16.3 Å². The third kappa shape index (κ3) is 3.50. The molecule has 0 bridgehead atoms. The van der Waals surface area contributed by atoms with Crippen molar-refractivity contribution in [2.45, 2.75) is 6.30 Å². The van der Waals surface area contributed by atoms with E-state index in [1.807, 2.05) is 0 Å². The molecule has 0 spiro atoms. The summed E-state index contributed by atoms with van der Waals surface area (Å²) in [6.45, 7) is 0. The Morgan fingerprint density at radius 2 is 1.95 bits per heavy atom. The molecule has 0 radical (unpaired) electrons. The highest BCUT2D eigenvalue weighted by Gasteiger charge is 2.31. The normalized spacial score (nSPS) is 12.4. The Bertz CT molecular complexity index is 723. The molecule has 2 aromatic rings. The van der Waals surface area contributed by atoms with Crippen LogP contribution in [0.2, 0.25) is 0 Å². The lowest BCUT2D eigenvalue weighted by atomic mass is 10.1. The van der Waals surface area contributed by atoms with E-state index >= 15 is 0 Å². The van der Waals surface area contributed by atoms with Gasteiger partial charge < -0.3 is 0 Å². The van der Waals surface area contributed by atoms with E-state index in [1.54, 1.807) is 6.07 Å². The molecule has 0 aliphatic heterocycles. The number of nitrogens with zero attached hydrogens (tertiary/aromatic N) is 2. The summed E-state index contributed by atoms with van der Waals surface area (Å²) in [7, 11) is -3.44. The maximum atomic E-state index is 12.4. The zero-order valence-electron chi connectivity index (χ0n) is 10.2. The first kappa shape index (κ1) is 14.4. The minimum Gasteiger partial charge on any atom is -0.284 e. The Kier molecular flexibility index (Phi) is 3.46. The molecule has 0 fully saturated rings. The second-order valence-corrected chi connectivity index (χ2v) is 5.84. The molecule has 1 aromatic carbocycles. The van der Waals surface area contributed by atoms with Gasteiger partial charge in [0.2, 0.25) is 10.0 Å². The highest BCUT2D eigenvalue weighted by Crippen LogP contribution is 2.27. The van der Waals surface area contributed by atoms with Gasteiger partial charge in [0.25, 0.3) is 0 Å². The first-order chi connectivity index (χ1) is 9.15. The van der Waals surface area contributed by atoms with Gasteiger partial charge in [-0.05, 0) is 17.7 Å². The number of halogens is 3. The van der Waals surface area contributed by atoms with Gasteiger partial charge in [-0.15, -0.1) is 13.2 Å². The highest BCUT2D eigenvalue weighted by atomic mass is 32.2. The molecule has 0 aliphatic carbocycles. The number of rotatable bonds is 3. The van der Waals surface area contributed by atoms with Crippen LogP contribution >= 0.6 is 0 Å². The first-order valence-electron chi connectivity index (χ1n) is 5.35. The van der Waals surface area contributed by atoms with Crippen LogP contribution in [0.15, 0.2) is 36.7 Å². The zero-order chi connectivity index (χ0) is 15.0. The molecule has 0 saturated carbocycles. The monoisotopic (exact) mass is 305 g/mol. The van der Waals surface area contributed by atoms with Crippen LogP contribution in [0.5, 0.6) is 0 Å². The summed E-state index contributed by atoms with van der Waals surface area (Å²) < 4.78 is 61.6. The van der Waals surface area contributed by atoms with Crippen molar-refractivity contribution in [2.24, 2.45) is 0 Å².